The molecule has 0 aromatic heterocycles. The molecule has 1 saturated carbocycles. The molecule has 0 radical (unpaired) electrons. The van der Waals surface area contributed by atoms with Crippen molar-refractivity contribution in [2.75, 3.05) is 13.0 Å². The second-order valence-electron chi connectivity index (χ2n) is 5.91. The summed E-state index contributed by atoms with van der Waals surface area (Å²) >= 11 is 9.77. The average Bonchev–Trinajstić information content (AvgIpc) is 2.47. The molecule has 1 aromatic carbocycles. The van der Waals surface area contributed by atoms with Crippen LogP contribution in [0.4, 0.5) is 0 Å². The quantitative estimate of drug-likeness (QED) is 0.766. The van der Waals surface area contributed by atoms with E-state index < -0.39 is 0 Å². The van der Waals surface area contributed by atoms with Crippen LogP contribution >= 0.6 is 27.5 Å². The fraction of sp³-hybridized carbons (Fsp3) is 0.625. The van der Waals surface area contributed by atoms with Crippen molar-refractivity contribution in [1.29, 1.82) is 0 Å². The van der Waals surface area contributed by atoms with Crippen molar-refractivity contribution in [1.82, 2.24) is 5.32 Å². The van der Waals surface area contributed by atoms with E-state index in [0.717, 1.165) is 35.5 Å². The van der Waals surface area contributed by atoms with Crippen LogP contribution in [0.5, 0.6) is 5.75 Å². The van der Waals surface area contributed by atoms with E-state index in [2.05, 4.69) is 34.2 Å². The Bertz CT molecular complexity index is 444. The van der Waals surface area contributed by atoms with Gasteiger partial charge in [0.1, 0.15) is 5.75 Å². The molecule has 1 aliphatic carbocycles. The molecule has 0 unspecified atom stereocenters. The van der Waals surface area contributed by atoms with E-state index in [0.29, 0.717) is 5.88 Å². The maximum Gasteiger partial charge on any atom is 0.123 e. The second kappa shape index (κ2) is 7.15. The van der Waals surface area contributed by atoms with E-state index in [9.17, 15) is 0 Å². The summed E-state index contributed by atoms with van der Waals surface area (Å²) in [7, 11) is 1.71. The van der Waals surface area contributed by atoms with Crippen LogP contribution in [0, 0.1) is 5.92 Å². The van der Waals surface area contributed by atoms with Crippen molar-refractivity contribution in [2.45, 2.75) is 44.7 Å². The largest absolute Gasteiger partial charge is 0.496 e. The highest BCUT2D eigenvalue weighted by Gasteiger charge is 2.32. The van der Waals surface area contributed by atoms with Gasteiger partial charge in [-0.15, -0.1) is 11.6 Å². The molecule has 0 amide bonds. The first kappa shape index (κ1) is 16.1. The first-order valence-electron chi connectivity index (χ1n) is 7.22. The SMILES string of the molecule is COc1ccc(Br)cc1CNC1(CCl)CCC(C)CC1. The van der Waals surface area contributed by atoms with Crippen LogP contribution in [-0.2, 0) is 6.54 Å². The molecule has 1 N–H and O–H groups in total. The Morgan fingerprint density at radius 3 is 2.70 bits per heavy atom. The van der Waals surface area contributed by atoms with Crippen LogP contribution in [-0.4, -0.2) is 18.5 Å². The van der Waals surface area contributed by atoms with Crippen molar-refractivity contribution in [2.24, 2.45) is 5.92 Å². The van der Waals surface area contributed by atoms with Crippen LogP contribution in [0.15, 0.2) is 22.7 Å². The van der Waals surface area contributed by atoms with Crippen LogP contribution in [0.2, 0.25) is 0 Å². The molecule has 2 rings (SSSR count). The molecular formula is C16H23BrClNO. The third-order valence-electron chi connectivity index (χ3n) is 4.38. The maximum atomic E-state index is 6.25. The van der Waals surface area contributed by atoms with Gasteiger partial charge in [-0.1, -0.05) is 22.9 Å². The van der Waals surface area contributed by atoms with Gasteiger partial charge in [-0.25, -0.2) is 0 Å². The minimum atomic E-state index is 0.0847. The summed E-state index contributed by atoms with van der Waals surface area (Å²) in [6.07, 6.45) is 4.84. The fourth-order valence-electron chi connectivity index (χ4n) is 2.84. The van der Waals surface area contributed by atoms with Gasteiger partial charge >= 0.3 is 0 Å². The highest BCUT2D eigenvalue weighted by molar-refractivity contribution is 9.10. The smallest absolute Gasteiger partial charge is 0.123 e. The topological polar surface area (TPSA) is 21.3 Å². The van der Waals surface area contributed by atoms with Crippen LogP contribution in [0.25, 0.3) is 0 Å². The first-order chi connectivity index (χ1) is 9.58. The highest BCUT2D eigenvalue weighted by Crippen LogP contribution is 2.33. The normalized spacial score (nSPS) is 26.5. The lowest BCUT2D eigenvalue weighted by Crippen LogP contribution is -2.49. The summed E-state index contributed by atoms with van der Waals surface area (Å²) in [5, 5.41) is 3.69. The van der Waals surface area contributed by atoms with Gasteiger partial charge in [-0.2, -0.15) is 0 Å². The Hall–Kier alpha value is -0.250. The molecule has 0 spiro atoms. The lowest BCUT2D eigenvalue weighted by molar-refractivity contribution is 0.215. The molecule has 0 aliphatic heterocycles. The van der Waals surface area contributed by atoms with Gasteiger partial charge in [0.05, 0.1) is 7.11 Å². The molecular weight excluding hydrogens is 338 g/mol. The number of ether oxygens (including phenoxy) is 1. The Kier molecular flexibility index (Phi) is 5.76. The number of rotatable bonds is 5. The fourth-order valence-corrected chi connectivity index (χ4v) is 3.61. The van der Waals surface area contributed by atoms with Gasteiger partial charge in [-0.05, 0) is 49.8 Å². The molecule has 0 heterocycles. The second-order valence-corrected chi connectivity index (χ2v) is 7.09. The number of benzene rings is 1. The number of nitrogens with one attached hydrogen (secondary N) is 1. The molecule has 0 atom stereocenters. The van der Waals surface area contributed by atoms with Gasteiger partial charge < -0.3 is 10.1 Å². The minimum Gasteiger partial charge on any atom is -0.496 e. The summed E-state index contributed by atoms with van der Waals surface area (Å²) in [6, 6.07) is 6.11. The van der Waals surface area contributed by atoms with E-state index in [1.807, 2.05) is 12.1 Å². The van der Waals surface area contributed by atoms with Crippen molar-refractivity contribution < 1.29 is 4.74 Å². The number of methoxy groups -OCH3 is 1. The van der Waals surface area contributed by atoms with Crippen molar-refractivity contribution in [3.63, 3.8) is 0 Å². The summed E-state index contributed by atoms with van der Waals surface area (Å²) in [5.41, 5.74) is 1.26. The molecule has 4 heteroatoms. The average molecular weight is 361 g/mol. The lowest BCUT2D eigenvalue weighted by atomic mass is 9.78. The zero-order valence-corrected chi connectivity index (χ0v) is 14.6. The van der Waals surface area contributed by atoms with Gasteiger partial charge in [0.2, 0.25) is 0 Å². The molecule has 2 nitrogen and oxygen atoms in total. The number of hydrogen-bond donors (Lipinski definition) is 1. The summed E-state index contributed by atoms with van der Waals surface area (Å²) in [6.45, 7) is 3.12. The first-order valence-corrected chi connectivity index (χ1v) is 8.55. The van der Waals surface area contributed by atoms with E-state index in [-0.39, 0.29) is 5.54 Å². The molecule has 1 fully saturated rings. The Labute approximate surface area is 135 Å². The third-order valence-corrected chi connectivity index (χ3v) is 5.39. The number of halogens is 2. The van der Waals surface area contributed by atoms with Gasteiger partial charge in [0, 0.05) is 28.0 Å². The van der Waals surface area contributed by atoms with E-state index >= 15 is 0 Å². The van der Waals surface area contributed by atoms with E-state index in [4.69, 9.17) is 16.3 Å². The van der Waals surface area contributed by atoms with Gasteiger partial charge in [0.15, 0.2) is 0 Å². The molecule has 0 bridgehead atoms. The zero-order valence-electron chi connectivity index (χ0n) is 12.2. The molecule has 1 aromatic rings. The maximum absolute atomic E-state index is 6.25. The third kappa shape index (κ3) is 3.90. The van der Waals surface area contributed by atoms with Gasteiger partial charge in [0.25, 0.3) is 0 Å². The predicted molar refractivity (Wildman–Crippen MR) is 88.6 cm³/mol. The van der Waals surface area contributed by atoms with Crippen molar-refractivity contribution in [3.05, 3.63) is 28.2 Å². The number of hydrogen-bond acceptors (Lipinski definition) is 2. The Morgan fingerprint density at radius 1 is 1.40 bits per heavy atom. The minimum absolute atomic E-state index is 0.0847. The zero-order chi connectivity index (χ0) is 14.6. The monoisotopic (exact) mass is 359 g/mol. The van der Waals surface area contributed by atoms with Crippen molar-refractivity contribution >= 4 is 27.5 Å². The van der Waals surface area contributed by atoms with Gasteiger partial charge in [-0.3, -0.25) is 0 Å². The van der Waals surface area contributed by atoms with Crippen LogP contribution in [0.1, 0.15) is 38.2 Å². The van der Waals surface area contributed by atoms with Crippen LogP contribution < -0.4 is 10.1 Å². The molecule has 1 aliphatic rings. The molecule has 20 heavy (non-hydrogen) atoms. The summed E-state index contributed by atoms with van der Waals surface area (Å²) < 4.78 is 6.51. The Morgan fingerprint density at radius 2 is 2.10 bits per heavy atom. The lowest BCUT2D eigenvalue weighted by Gasteiger charge is -2.39. The Balaban J connectivity index is 2.05. The molecule has 0 saturated heterocycles. The standard InChI is InChI=1S/C16H23BrClNO/c1-12-5-7-16(11-18,8-6-12)19-10-13-9-14(17)3-4-15(13)20-2/h3-4,9,12,19H,5-8,10-11H2,1-2H3. The van der Waals surface area contributed by atoms with E-state index in [1.165, 1.54) is 18.4 Å². The summed E-state index contributed by atoms with van der Waals surface area (Å²) in [5.74, 6) is 2.43. The van der Waals surface area contributed by atoms with E-state index in [1.54, 1.807) is 7.11 Å². The number of alkyl halides is 1. The molecule has 112 valence electrons. The highest BCUT2D eigenvalue weighted by atomic mass is 79.9. The van der Waals surface area contributed by atoms with Crippen molar-refractivity contribution in [3.8, 4) is 5.75 Å². The van der Waals surface area contributed by atoms with Crippen LogP contribution in [0.3, 0.4) is 0 Å². The predicted octanol–water partition coefficient (Wildman–Crippen LogP) is 4.74. The summed E-state index contributed by atoms with van der Waals surface area (Å²) in [4.78, 5) is 0.